The number of rotatable bonds is 8. The maximum Gasteiger partial charge on any atom is 0.281 e. The first-order valence-electron chi connectivity index (χ1n) is 11.5. The Bertz CT molecular complexity index is 1330. The van der Waals surface area contributed by atoms with Crippen molar-refractivity contribution < 1.29 is 19.1 Å². The number of hydrogen-bond donors (Lipinski definition) is 2. The molecule has 0 atom stereocenters. The summed E-state index contributed by atoms with van der Waals surface area (Å²) >= 11 is 5.42. The van der Waals surface area contributed by atoms with E-state index in [1.165, 1.54) is 4.90 Å². The number of ether oxygens (including phenoxy) is 2. The van der Waals surface area contributed by atoms with Gasteiger partial charge in [0.25, 0.3) is 11.8 Å². The zero-order valence-electron chi connectivity index (χ0n) is 20.3. The van der Waals surface area contributed by atoms with Gasteiger partial charge in [-0.25, -0.2) is 0 Å². The molecule has 1 fully saturated rings. The summed E-state index contributed by atoms with van der Waals surface area (Å²) in [4.78, 5) is 26.9. The quantitative estimate of drug-likeness (QED) is 0.335. The molecule has 36 heavy (non-hydrogen) atoms. The molecule has 2 N–H and O–H groups in total. The Morgan fingerprint density at radius 3 is 2.50 bits per heavy atom. The molecule has 0 saturated carbocycles. The monoisotopic (exact) mass is 501 g/mol. The van der Waals surface area contributed by atoms with Gasteiger partial charge in [0.1, 0.15) is 5.70 Å². The molecular formula is C28H27N3O4S. The lowest BCUT2D eigenvalue weighted by Gasteiger charge is -2.16. The maximum absolute atomic E-state index is 13.1. The van der Waals surface area contributed by atoms with E-state index < -0.39 is 0 Å². The van der Waals surface area contributed by atoms with Gasteiger partial charge < -0.3 is 20.1 Å². The predicted molar refractivity (Wildman–Crippen MR) is 145 cm³/mol. The maximum atomic E-state index is 13.1. The third kappa shape index (κ3) is 5.72. The molecular weight excluding hydrogens is 474 g/mol. The standard InChI is InChI=1S/C28H27N3O4S/c1-4-34-25-16-20(11-14-24(25)35-17-26(32)29-21-12-9-18(2)10-13-21)15-22-27(33)31(28(36)30-22)23-8-6-5-7-19(23)3/h5-16H,4,17H2,1-3H3,(H,29,32)(H,30,36)/b22-15+. The molecule has 1 saturated heterocycles. The molecule has 1 aliphatic heterocycles. The summed E-state index contributed by atoms with van der Waals surface area (Å²) in [6.45, 7) is 6.01. The average Bonchev–Trinajstić information content (AvgIpc) is 3.13. The molecule has 0 unspecified atom stereocenters. The van der Waals surface area contributed by atoms with E-state index in [1.807, 2.05) is 69.3 Å². The normalized spacial score (nSPS) is 14.1. The summed E-state index contributed by atoms with van der Waals surface area (Å²) < 4.78 is 11.5. The summed E-state index contributed by atoms with van der Waals surface area (Å²) in [6.07, 6.45) is 1.71. The number of aryl methyl sites for hydroxylation is 2. The fourth-order valence-electron chi connectivity index (χ4n) is 3.71. The number of carbonyl (C=O) groups is 2. The highest BCUT2D eigenvalue weighted by molar-refractivity contribution is 7.80. The fraction of sp³-hybridized carbons (Fsp3) is 0.179. The molecule has 7 nitrogen and oxygen atoms in total. The zero-order valence-corrected chi connectivity index (χ0v) is 21.1. The van der Waals surface area contributed by atoms with Gasteiger partial charge in [0.15, 0.2) is 23.2 Å². The molecule has 4 rings (SSSR count). The van der Waals surface area contributed by atoms with Crippen molar-refractivity contribution in [3.63, 3.8) is 0 Å². The molecule has 0 bridgehead atoms. The molecule has 3 aromatic carbocycles. The highest BCUT2D eigenvalue weighted by Crippen LogP contribution is 2.31. The van der Waals surface area contributed by atoms with Crippen molar-refractivity contribution in [2.24, 2.45) is 0 Å². The average molecular weight is 502 g/mol. The van der Waals surface area contributed by atoms with E-state index in [2.05, 4.69) is 10.6 Å². The number of thiocarbonyl (C=S) groups is 1. The van der Waals surface area contributed by atoms with E-state index in [-0.39, 0.29) is 18.4 Å². The van der Waals surface area contributed by atoms with Crippen LogP contribution in [0.15, 0.2) is 72.4 Å². The number of amides is 2. The minimum Gasteiger partial charge on any atom is -0.490 e. The second-order valence-corrected chi connectivity index (χ2v) is 8.64. The van der Waals surface area contributed by atoms with Gasteiger partial charge in [-0.15, -0.1) is 0 Å². The van der Waals surface area contributed by atoms with E-state index in [9.17, 15) is 9.59 Å². The minimum atomic E-state index is -0.280. The Labute approximate surface area is 215 Å². The van der Waals surface area contributed by atoms with Crippen molar-refractivity contribution in [2.75, 3.05) is 23.4 Å². The third-order valence-electron chi connectivity index (χ3n) is 5.51. The predicted octanol–water partition coefficient (Wildman–Crippen LogP) is 4.98. The molecule has 1 heterocycles. The van der Waals surface area contributed by atoms with Gasteiger partial charge in [-0.05, 0) is 80.5 Å². The fourth-order valence-corrected chi connectivity index (χ4v) is 4.01. The second-order valence-electron chi connectivity index (χ2n) is 8.26. The van der Waals surface area contributed by atoms with Gasteiger partial charge in [0, 0.05) is 5.69 Å². The lowest BCUT2D eigenvalue weighted by Crippen LogP contribution is -2.30. The van der Waals surface area contributed by atoms with Gasteiger partial charge in [-0.2, -0.15) is 0 Å². The van der Waals surface area contributed by atoms with Crippen molar-refractivity contribution in [3.05, 3.63) is 89.1 Å². The van der Waals surface area contributed by atoms with Crippen molar-refractivity contribution in [2.45, 2.75) is 20.8 Å². The zero-order chi connectivity index (χ0) is 25.7. The number of nitrogens with zero attached hydrogens (tertiary/aromatic N) is 1. The van der Waals surface area contributed by atoms with E-state index >= 15 is 0 Å². The van der Waals surface area contributed by atoms with Crippen LogP contribution in [0.4, 0.5) is 11.4 Å². The SMILES string of the molecule is CCOc1cc(/C=C2/NC(=S)N(c3ccccc3C)C2=O)ccc1OCC(=O)Nc1ccc(C)cc1. The second kappa shape index (κ2) is 11.0. The summed E-state index contributed by atoms with van der Waals surface area (Å²) in [7, 11) is 0. The van der Waals surface area contributed by atoms with Crippen LogP contribution in [0.3, 0.4) is 0 Å². The lowest BCUT2D eigenvalue weighted by molar-refractivity contribution is -0.118. The topological polar surface area (TPSA) is 79.9 Å². The summed E-state index contributed by atoms with van der Waals surface area (Å²) in [5, 5.41) is 6.13. The van der Waals surface area contributed by atoms with Crippen LogP contribution >= 0.6 is 12.2 Å². The highest BCUT2D eigenvalue weighted by Gasteiger charge is 2.32. The number of nitrogens with one attached hydrogen (secondary N) is 2. The van der Waals surface area contributed by atoms with E-state index in [0.29, 0.717) is 34.6 Å². The Kier molecular flexibility index (Phi) is 7.65. The molecule has 2 amide bonds. The summed E-state index contributed by atoms with van der Waals surface area (Å²) in [5.41, 5.74) is 4.58. The van der Waals surface area contributed by atoms with Crippen LogP contribution in [0.5, 0.6) is 11.5 Å². The van der Waals surface area contributed by atoms with Crippen LogP contribution < -0.4 is 25.0 Å². The third-order valence-corrected chi connectivity index (χ3v) is 5.79. The van der Waals surface area contributed by atoms with Gasteiger partial charge in [0.2, 0.25) is 0 Å². The molecule has 0 spiro atoms. The van der Waals surface area contributed by atoms with Gasteiger partial charge in [0.05, 0.1) is 12.3 Å². The van der Waals surface area contributed by atoms with Gasteiger partial charge in [-0.3, -0.25) is 14.5 Å². The van der Waals surface area contributed by atoms with E-state index in [0.717, 1.165) is 22.4 Å². The van der Waals surface area contributed by atoms with Crippen LogP contribution in [0.2, 0.25) is 0 Å². The first-order chi connectivity index (χ1) is 17.4. The lowest BCUT2D eigenvalue weighted by atomic mass is 10.1. The highest BCUT2D eigenvalue weighted by atomic mass is 32.1. The van der Waals surface area contributed by atoms with Crippen molar-refractivity contribution in [1.82, 2.24) is 5.32 Å². The van der Waals surface area contributed by atoms with Crippen LogP contribution in [-0.2, 0) is 9.59 Å². The van der Waals surface area contributed by atoms with Gasteiger partial charge in [-0.1, -0.05) is 42.0 Å². The first kappa shape index (κ1) is 24.9. The minimum absolute atomic E-state index is 0.173. The Morgan fingerprint density at radius 1 is 1.03 bits per heavy atom. The van der Waals surface area contributed by atoms with Gasteiger partial charge >= 0.3 is 0 Å². The Balaban J connectivity index is 1.48. The van der Waals surface area contributed by atoms with E-state index in [1.54, 1.807) is 24.3 Å². The molecule has 0 aliphatic carbocycles. The molecule has 0 aromatic heterocycles. The Morgan fingerprint density at radius 2 is 1.78 bits per heavy atom. The summed E-state index contributed by atoms with van der Waals surface area (Å²) in [6, 6.07) is 20.4. The molecule has 184 valence electrons. The van der Waals surface area contributed by atoms with Crippen LogP contribution in [-0.4, -0.2) is 30.1 Å². The van der Waals surface area contributed by atoms with Crippen LogP contribution in [0, 0.1) is 13.8 Å². The molecule has 0 radical (unpaired) electrons. The van der Waals surface area contributed by atoms with Crippen molar-refractivity contribution in [3.8, 4) is 11.5 Å². The Hall–Kier alpha value is -4.17. The van der Waals surface area contributed by atoms with Crippen LogP contribution in [0.25, 0.3) is 6.08 Å². The first-order valence-corrected chi connectivity index (χ1v) is 12.0. The number of para-hydroxylation sites is 1. The molecule has 1 aliphatic rings. The number of hydrogen-bond acceptors (Lipinski definition) is 5. The molecule has 8 heteroatoms. The van der Waals surface area contributed by atoms with Crippen LogP contribution in [0.1, 0.15) is 23.6 Å². The summed E-state index contributed by atoms with van der Waals surface area (Å²) in [5.74, 6) is 0.387. The van der Waals surface area contributed by atoms with E-state index in [4.69, 9.17) is 21.7 Å². The number of benzene rings is 3. The largest absolute Gasteiger partial charge is 0.490 e. The number of carbonyl (C=O) groups excluding carboxylic acids is 2. The van der Waals surface area contributed by atoms with Crippen molar-refractivity contribution in [1.29, 1.82) is 0 Å². The molecule has 3 aromatic rings. The van der Waals surface area contributed by atoms with Crippen molar-refractivity contribution >= 4 is 46.6 Å². The smallest absolute Gasteiger partial charge is 0.281 e. The number of anilines is 2.